The van der Waals surface area contributed by atoms with Crippen molar-refractivity contribution in [3.63, 3.8) is 0 Å². The molecule has 0 saturated carbocycles. The fraction of sp³-hybridized carbons (Fsp3) is 0.375. The van der Waals surface area contributed by atoms with E-state index in [-0.39, 0.29) is 11.8 Å². The van der Waals surface area contributed by atoms with Crippen LogP contribution in [0.5, 0.6) is 0 Å². The minimum atomic E-state index is -0.656. The van der Waals surface area contributed by atoms with E-state index in [1.165, 1.54) is 13.4 Å². The smallest absolute Gasteiger partial charge is 0.328 e. The second-order valence-corrected chi connectivity index (χ2v) is 5.32. The number of amides is 1. The number of rotatable bonds is 5. The number of furan rings is 1. The molecule has 0 saturated heterocycles. The summed E-state index contributed by atoms with van der Waals surface area (Å²) in [6.45, 7) is 3.96. The predicted molar refractivity (Wildman–Crippen MR) is 78.9 cm³/mol. The highest BCUT2D eigenvalue weighted by Gasteiger charge is 2.24. The Morgan fingerprint density at radius 2 is 2.00 bits per heavy atom. The van der Waals surface area contributed by atoms with Crippen LogP contribution < -0.4 is 5.32 Å². The van der Waals surface area contributed by atoms with Crippen molar-refractivity contribution in [3.05, 3.63) is 36.1 Å². The summed E-state index contributed by atoms with van der Waals surface area (Å²) in [7, 11) is 1.31. The third-order valence-electron chi connectivity index (χ3n) is 3.22. The summed E-state index contributed by atoms with van der Waals surface area (Å²) >= 11 is 0. The molecule has 0 bridgehead atoms. The molecule has 2 rings (SSSR count). The van der Waals surface area contributed by atoms with E-state index in [0.717, 1.165) is 5.39 Å². The van der Waals surface area contributed by atoms with Crippen molar-refractivity contribution >= 4 is 22.8 Å². The summed E-state index contributed by atoms with van der Waals surface area (Å²) in [5, 5.41) is 3.45. The van der Waals surface area contributed by atoms with Crippen LogP contribution in [-0.4, -0.2) is 25.0 Å². The van der Waals surface area contributed by atoms with Crippen LogP contribution in [0, 0.1) is 5.92 Å². The first-order valence-electron chi connectivity index (χ1n) is 6.88. The number of methoxy groups -OCH3 is 1. The quantitative estimate of drug-likeness (QED) is 0.859. The van der Waals surface area contributed by atoms with Gasteiger partial charge in [-0.2, -0.15) is 0 Å². The van der Waals surface area contributed by atoms with Gasteiger partial charge in [0.15, 0.2) is 0 Å². The Bertz CT molecular complexity index is 645. The highest BCUT2D eigenvalue weighted by Crippen LogP contribution is 2.21. The Labute approximate surface area is 123 Å². The molecule has 1 heterocycles. The Hall–Kier alpha value is -2.30. The molecule has 1 amide bonds. The van der Waals surface area contributed by atoms with Crippen LogP contribution in [0.1, 0.15) is 30.6 Å². The Morgan fingerprint density at radius 1 is 1.29 bits per heavy atom. The number of carbonyl (C=O) groups excluding carboxylic acids is 2. The highest BCUT2D eigenvalue weighted by molar-refractivity contribution is 6.06. The van der Waals surface area contributed by atoms with Crippen molar-refractivity contribution in [2.75, 3.05) is 7.11 Å². The fourth-order valence-electron chi connectivity index (χ4n) is 2.22. The maximum absolute atomic E-state index is 12.4. The van der Waals surface area contributed by atoms with Crippen molar-refractivity contribution in [2.45, 2.75) is 26.3 Å². The normalized spacial score (nSPS) is 12.4. The van der Waals surface area contributed by atoms with Crippen molar-refractivity contribution in [2.24, 2.45) is 5.92 Å². The lowest BCUT2D eigenvalue weighted by atomic mass is 10.0. The minimum Gasteiger partial charge on any atom is -0.467 e. The molecule has 1 N–H and O–H groups in total. The van der Waals surface area contributed by atoms with Crippen molar-refractivity contribution < 1.29 is 18.7 Å². The van der Waals surface area contributed by atoms with Crippen LogP contribution in [0.2, 0.25) is 0 Å². The molecule has 1 atom stereocenters. The number of nitrogens with one attached hydrogen (secondary N) is 1. The van der Waals surface area contributed by atoms with E-state index in [9.17, 15) is 9.59 Å². The van der Waals surface area contributed by atoms with Crippen molar-refractivity contribution in [1.29, 1.82) is 0 Å². The molecule has 0 aliphatic rings. The number of esters is 1. The van der Waals surface area contributed by atoms with E-state index >= 15 is 0 Å². The van der Waals surface area contributed by atoms with Gasteiger partial charge in [0.2, 0.25) is 0 Å². The summed E-state index contributed by atoms with van der Waals surface area (Å²) in [6, 6.07) is 6.61. The lowest BCUT2D eigenvalue weighted by molar-refractivity contribution is -0.143. The molecule has 112 valence electrons. The Morgan fingerprint density at radius 3 is 2.67 bits per heavy atom. The highest BCUT2D eigenvalue weighted by atomic mass is 16.5. The standard InChI is InChI=1S/C16H19NO4/c1-10(2)8-13(16(19)20-3)17-15(18)12-9-21-14-7-5-4-6-11(12)14/h4-7,9-10,13H,8H2,1-3H3,(H,17,18). The second kappa shape index (κ2) is 6.43. The maximum Gasteiger partial charge on any atom is 0.328 e. The third kappa shape index (κ3) is 3.42. The topological polar surface area (TPSA) is 68.5 Å². The van der Waals surface area contributed by atoms with Crippen LogP contribution in [0.25, 0.3) is 11.0 Å². The van der Waals surface area contributed by atoms with E-state index in [2.05, 4.69) is 5.32 Å². The van der Waals surface area contributed by atoms with Gasteiger partial charge in [0.25, 0.3) is 5.91 Å². The second-order valence-electron chi connectivity index (χ2n) is 5.32. The first-order chi connectivity index (χ1) is 10.0. The lowest BCUT2D eigenvalue weighted by Gasteiger charge is -2.17. The number of hydrogen-bond donors (Lipinski definition) is 1. The van der Waals surface area contributed by atoms with Crippen LogP contribution in [0.15, 0.2) is 34.9 Å². The van der Waals surface area contributed by atoms with Crippen LogP contribution in [0.4, 0.5) is 0 Å². The zero-order valence-corrected chi connectivity index (χ0v) is 12.4. The van der Waals surface area contributed by atoms with Gasteiger partial charge in [0, 0.05) is 5.39 Å². The SMILES string of the molecule is COC(=O)C(CC(C)C)NC(=O)c1coc2ccccc12. The predicted octanol–water partition coefficient (Wildman–Crippen LogP) is 2.75. The summed E-state index contributed by atoms with van der Waals surface area (Å²) < 4.78 is 10.1. The lowest BCUT2D eigenvalue weighted by Crippen LogP contribution is -2.42. The molecule has 21 heavy (non-hydrogen) atoms. The number of para-hydroxylation sites is 1. The molecule has 2 aromatic rings. The average molecular weight is 289 g/mol. The number of hydrogen-bond acceptors (Lipinski definition) is 4. The molecular weight excluding hydrogens is 270 g/mol. The van der Waals surface area contributed by atoms with Crippen LogP contribution >= 0.6 is 0 Å². The summed E-state index contributed by atoms with van der Waals surface area (Å²) in [5.41, 5.74) is 1.06. The number of carbonyl (C=O) groups is 2. The summed E-state index contributed by atoms with van der Waals surface area (Å²) in [5.74, 6) is -0.517. The molecule has 0 aliphatic carbocycles. The molecule has 1 unspecified atom stereocenters. The van der Waals surface area contributed by atoms with Gasteiger partial charge >= 0.3 is 5.97 Å². The monoisotopic (exact) mass is 289 g/mol. The van der Waals surface area contributed by atoms with Gasteiger partial charge in [0.1, 0.15) is 17.9 Å². The summed E-state index contributed by atoms with van der Waals surface area (Å²) in [4.78, 5) is 24.1. The molecule has 1 aromatic carbocycles. The molecule has 0 fully saturated rings. The molecule has 0 spiro atoms. The number of benzene rings is 1. The number of fused-ring (bicyclic) bond motifs is 1. The molecule has 0 aliphatic heterocycles. The van der Waals surface area contributed by atoms with E-state index in [4.69, 9.17) is 9.15 Å². The largest absolute Gasteiger partial charge is 0.467 e. The average Bonchev–Trinajstić information content (AvgIpc) is 2.89. The van der Waals surface area contributed by atoms with Crippen LogP contribution in [0.3, 0.4) is 0 Å². The zero-order valence-electron chi connectivity index (χ0n) is 12.4. The minimum absolute atomic E-state index is 0.260. The first kappa shape index (κ1) is 15.1. The van der Waals surface area contributed by atoms with E-state index in [1.54, 1.807) is 6.07 Å². The maximum atomic E-state index is 12.4. The van der Waals surface area contributed by atoms with Gasteiger partial charge in [-0.15, -0.1) is 0 Å². The van der Waals surface area contributed by atoms with E-state index in [1.807, 2.05) is 32.0 Å². The first-order valence-corrected chi connectivity index (χ1v) is 6.88. The van der Waals surface area contributed by atoms with Crippen LogP contribution in [-0.2, 0) is 9.53 Å². The van der Waals surface area contributed by atoms with Gasteiger partial charge in [-0.05, 0) is 18.4 Å². The van der Waals surface area contributed by atoms with Gasteiger partial charge < -0.3 is 14.5 Å². The molecule has 5 nitrogen and oxygen atoms in total. The Balaban J connectivity index is 2.20. The fourth-order valence-corrected chi connectivity index (χ4v) is 2.22. The molecule has 5 heteroatoms. The molecule has 0 radical (unpaired) electrons. The van der Waals surface area contributed by atoms with E-state index < -0.39 is 12.0 Å². The molecule has 1 aromatic heterocycles. The van der Waals surface area contributed by atoms with Gasteiger partial charge in [-0.25, -0.2) is 4.79 Å². The van der Waals surface area contributed by atoms with Gasteiger partial charge in [-0.1, -0.05) is 32.0 Å². The van der Waals surface area contributed by atoms with E-state index in [0.29, 0.717) is 17.6 Å². The number of ether oxygens (including phenoxy) is 1. The van der Waals surface area contributed by atoms with Crippen molar-refractivity contribution in [1.82, 2.24) is 5.32 Å². The third-order valence-corrected chi connectivity index (χ3v) is 3.22. The van der Waals surface area contributed by atoms with Gasteiger partial charge in [0.05, 0.1) is 12.7 Å². The zero-order chi connectivity index (χ0) is 15.4. The Kier molecular flexibility index (Phi) is 4.62. The molecular formula is C16H19NO4. The van der Waals surface area contributed by atoms with Gasteiger partial charge in [-0.3, -0.25) is 4.79 Å². The summed E-state index contributed by atoms with van der Waals surface area (Å²) in [6.07, 6.45) is 1.93. The van der Waals surface area contributed by atoms with Crippen molar-refractivity contribution in [3.8, 4) is 0 Å².